The van der Waals surface area contributed by atoms with Crippen LogP contribution in [0.1, 0.15) is 21.6 Å². The number of hydrogen-bond acceptors (Lipinski definition) is 3. The minimum atomic E-state index is -3.73. The molecular formula is C16H19N3O3S. The Morgan fingerprint density at radius 3 is 2.57 bits per heavy atom. The van der Waals surface area contributed by atoms with Gasteiger partial charge in [-0.3, -0.25) is 9.52 Å². The molecule has 2 aromatic rings. The molecule has 1 aliphatic rings. The number of likely N-dealkylation sites (N-methyl/N-ethyl adjacent to an activating group) is 1. The van der Waals surface area contributed by atoms with E-state index in [1.54, 1.807) is 22.6 Å². The number of rotatable bonds is 3. The fourth-order valence-corrected chi connectivity index (χ4v) is 3.85. The number of sulfonamides is 1. The maximum atomic E-state index is 12.6. The summed E-state index contributed by atoms with van der Waals surface area (Å²) in [6.07, 6.45) is 1.52. The highest BCUT2D eigenvalue weighted by Crippen LogP contribution is 2.23. The van der Waals surface area contributed by atoms with Crippen LogP contribution in [0, 0.1) is 13.8 Å². The van der Waals surface area contributed by atoms with Crippen molar-refractivity contribution < 1.29 is 13.2 Å². The summed E-state index contributed by atoms with van der Waals surface area (Å²) in [5.74, 6) is -0.163. The molecule has 122 valence electrons. The second-order valence-electron chi connectivity index (χ2n) is 5.91. The minimum Gasteiger partial charge on any atom is -0.340 e. The van der Waals surface area contributed by atoms with E-state index in [1.807, 2.05) is 26.0 Å². The van der Waals surface area contributed by atoms with E-state index in [9.17, 15) is 13.2 Å². The molecule has 1 amide bonds. The van der Waals surface area contributed by atoms with Crippen LogP contribution in [-0.4, -0.2) is 37.4 Å². The van der Waals surface area contributed by atoms with Gasteiger partial charge >= 0.3 is 0 Å². The number of anilines is 1. The van der Waals surface area contributed by atoms with Crippen molar-refractivity contribution in [2.24, 2.45) is 0 Å². The van der Waals surface area contributed by atoms with Gasteiger partial charge in [-0.2, -0.15) is 0 Å². The van der Waals surface area contributed by atoms with Crippen molar-refractivity contribution >= 4 is 21.6 Å². The van der Waals surface area contributed by atoms with Gasteiger partial charge in [0.2, 0.25) is 0 Å². The summed E-state index contributed by atoms with van der Waals surface area (Å²) in [5, 5.41) is 0. The van der Waals surface area contributed by atoms with Crippen molar-refractivity contribution in [2.75, 3.05) is 18.3 Å². The first-order chi connectivity index (χ1) is 10.8. The Balaban J connectivity index is 1.95. The van der Waals surface area contributed by atoms with Crippen molar-refractivity contribution in [3.05, 3.63) is 47.3 Å². The van der Waals surface area contributed by atoms with Crippen molar-refractivity contribution in [1.82, 2.24) is 9.47 Å². The molecule has 0 saturated heterocycles. The Bertz CT molecular complexity index is 884. The van der Waals surface area contributed by atoms with Gasteiger partial charge < -0.3 is 9.47 Å². The van der Waals surface area contributed by atoms with Gasteiger partial charge in [-0.25, -0.2) is 8.42 Å². The van der Waals surface area contributed by atoms with E-state index in [0.29, 0.717) is 24.5 Å². The largest absolute Gasteiger partial charge is 0.340 e. The number of carbonyl (C=O) groups excluding carboxylic acids is 1. The van der Waals surface area contributed by atoms with Crippen molar-refractivity contribution in [1.29, 1.82) is 0 Å². The lowest BCUT2D eigenvalue weighted by molar-refractivity contribution is 0.0749. The first kappa shape index (κ1) is 15.6. The first-order valence-electron chi connectivity index (χ1n) is 7.33. The standard InChI is InChI=1S/C16H19N3O3S/c1-11-4-5-14(12(2)8-11)17-23(21,22)13-9-15-16(20)18(3)6-7-19(15)10-13/h4-5,8-10,17H,6-7H2,1-3H3. The van der Waals surface area contributed by atoms with E-state index in [0.717, 1.165) is 11.1 Å². The van der Waals surface area contributed by atoms with Gasteiger partial charge in [-0.1, -0.05) is 17.7 Å². The maximum absolute atomic E-state index is 12.6. The fraction of sp³-hybridized carbons (Fsp3) is 0.312. The van der Waals surface area contributed by atoms with Gasteiger partial charge in [0, 0.05) is 26.3 Å². The lowest BCUT2D eigenvalue weighted by Gasteiger charge is -2.23. The zero-order valence-corrected chi connectivity index (χ0v) is 14.1. The number of aromatic nitrogens is 1. The van der Waals surface area contributed by atoms with Gasteiger partial charge in [0.25, 0.3) is 15.9 Å². The summed E-state index contributed by atoms with van der Waals surface area (Å²) in [6, 6.07) is 6.95. The Morgan fingerprint density at radius 2 is 1.87 bits per heavy atom. The fourth-order valence-electron chi connectivity index (χ4n) is 2.68. The normalized spacial score (nSPS) is 14.7. The summed E-state index contributed by atoms with van der Waals surface area (Å²) in [7, 11) is -2.02. The number of aryl methyl sites for hydroxylation is 2. The Kier molecular flexibility index (Phi) is 3.68. The quantitative estimate of drug-likeness (QED) is 0.934. The average Bonchev–Trinajstić information content (AvgIpc) is 2.92. The lowest BCUT2D eigenvalue weighted by atomic mass is 10.1. The molecule has 0 radical (unpaired) electrons. The number of carbonyl (C=O) groups is 1. The molecule has 1 aromatic carbocycles. The molecule has 0 aliphatic carbocycles. The smallest absolute Gasteiger partial charge is 0.270 e. The van der Waals surface area contributed by atoms with Gasteiger partial charge in [-0.05, 0) is 31.5 Å². The topological polar surface area (TPSA) is 71.4 Å². The number of amides is 1. The molecule has 0 saturated carbocycles. The van der Waals surface area contributed by atoms with Crippen LogP contribution in [0.5, 0.6) is 0 Å². The van der Waals surface area contributed by atoms with Crippen LogP contribution in [0.4, 0.5) is 5.69 Å². The molecule has 3 rings (SSSR count). The Hall–Kier alpha value is -2.28. The highest BCUT2D eigenvalue weighted by atomic mass is 32.2. The second kappa shape index (κ2) is 5.42. The van der Waals surface area contributed by atoms with E-state index in [2.05, 4.69) is 4.72 Å². The maximum Gasteiger partial charge on any atom is 0.270 e. The summed E-state index contributed by atoms with van der Waals surface area (Å²) < 4.78 is 29.5. The third kappa shape index (κ3) is 2.84. The molecule has 2 heterocycles. The van der Waals surface area contributed by atoms with Crippen molar-refractivity contribution in [3.8, 4) is 0 Å². The van der Waals surface area contributed by atoms with E-state index in [1.165, 1.54) is 12.3 Å². The zero-order chi connectivity index (χ0) is 16.8. The molecule has 23 heavy (non-hydrogen) atoms. The highest BCUT2D eigenvalue weighted by molar-refractivity contribution is 7.92. The Morgan fingerprint density at radius 1 is 1.13 bits per heavy atom. The monoisotopic (exact) mass is 333 g/mol. The van der Waals surface area contributed by atoms with Gasteiger partial charge in [0.05, 0.1) is 5.69 Å². The van der Waals surface area contributed by atoms with Gasteiger partial charge in [-0.15, -0.1) is 0 Å². The number of nitrogens with zero attached hydrogens (tertiary/aromatic N) is 2. The molecule has 0 unspecified atom stereocenters. The molecule has 0 spiro atoms. The molecule has 1 aliphatic heterocycles. The van der Waals surface area contributed by atoms with Crippen LogP contribution in [-0.2, 0) is 16.6 Å². The molecule has 1 N–H and O–H groups in total. The number of nitrogens with one attached hydrogen (secondary N) is 1. The van der Waals surface area contributed by atoms with Crippen LogP contribution >= 0.6 is 0 Å². The lowest BCUT2D eigenvalue weighted by Crippen LogP contribution is -2.36. The van der Waals surface area contributed by atoms with E-state index in [4.69, 9.17) is 0 Å². The molecule has 0 fully saturated rings. The van der Waals surface area contributed by atoms with Crippen LogP contribution < -0.4 is 4.72 Å². The summed E-state index contributed by atoms with van der Waals surface area (Å²) >= 11 is 0. The van der Waals surface area contributed by atoms with Gasteiger partial charge in [0.15, 0.2) is 0 Å². The predicted octanol–water partition coefficient (Wildman–Crippen LogP) is 1.99. The molecule has 7 heteroatoms. The predicted molar refractivity (Wildman–Crippen MR) is 88.1 cm³/mol. The number of fused-ring (bicyclic) bond motifs is 1. The summed E-state index contributed by atoms with van der Waals surface area (Å²) in [4.78, 5) is 13.8. The highest BCUT2D eigenvalue weighted by Gasteiger charge is 2.26. The SMILES string of the molecule is Cc1ccc(NS(=O)(=O)c2cc3n(c2)CCN(C)C3=O)c(C)c1. The van der Waals surface area contributed by atoms with Crippen molar-refractivity contribution in [2.45, 2.75) is 25.3 Å². The zero-order valence-electron chi connectivity index (χ0n) is 13.3. The summed E-state index contributed by atoms with van der Waals surface area (Å²) in [6.45, 7) is 4.98. The van der Waals surface area contributed by atoms with E-state index in [-0.39, 0.29) is 10.8 Å². The number of benzene rings is 1. The molecule has 0 bridgehead atoms. The first-order valence-corrected chi connectivity index (χ1v) is 8.82. The van der Waals surface area contributed by atoms with E-state index < -0.39 is 10.0 Å². The van der Waals surface area contributed by atoms with Gasteiger partial charge in [0.1, 0.15) is 10.6 Å². The van der Waals surface area contributed by atoms with Crippen LogP contribution in [0.2, 0.25) is 0 Å². The molecule has 1 aromatic heterocycles. The minimum absolute atomic E-state index is 0.108. The number of hydrogen-bond donors (Lipinski definition) is 1. The molecule has 0 atom stereocenters. The third-order valence-corrected chi connectivity index (χ3v) is 5.38. The van der Waals surface area contributed by atoms with Crippen molar-refractivity contribution in [3.63, 3.8) is 0 Å². The Labute approximate surface area is 135 Å². The van der Waals surface area contributed by atoms with Crippen LogP contribution in [0.3, 0.4) is 0 Å². The van der Waals surface area contributed by atoms with Crippen LogP contribution in [0.25, 0.3) is 0 Å². The third-order valence-electron chi connectivity index (χ3n) is 4.05. The van der Waals surface area contributed by atoms with Crippen LogP contribution in [0.15, 0.2) is 35.4 Å². The summed E-state index contributed by atoms with van der Waals surface area (Å²) in [5.41, 5.74) is 2.87. The second-order valence-corrected chi connectivity index (χ2v) is 7.59. The van der Waals surface area contributed by atoms with E-state index >= 15 is 0 Å². The molecular weight excluding hydrogens is 314 g/mol. The molecule has 6 nitrogen and oxygen atoms in total. The average molecular weight is 333 g/mol.